The first-order valence-corrected chi connectivity index (χ1v) is 11.2. The van der Waals surface area contributed by atoms with E-state index >= 15 is 0 Å². The molecule has 32 heavy (non-hydrogen) atoms. The molecule has 0 aliphatic carbocycles. The lowest BCUT2D eigenvalue weighted by atomic mass is 9.86. The molecule has 0 saturated carbocycles. The number of nitrogens with zero attached hydrogens (tertiary/aromatic N) is 2. The summed E-state index contributed by atoms with van der Waals surface area (Å²) in [7, 11) is 0. The molecule has 8 heteroatoms. The number of rotatable bonds is 5. The highest BCUT2D eigenvalue weighted by Gasteiger charge is 2.44. The van der Waals surface area contributed by atoms with E-state index < -0.39 is 11.7 Å². The normalized spacial score (nSPS) is 22.5. The number of ether oxygens (including phenoxy) is 2. The topological polar surface area (TPSA) is 93.9 Å². The van der Waals surface area contributed by atoms with Gasteiger partial charge in [-0.2, -0.15) is 0 Å². The summed E-state index contributed by atoms with van der Waals surface area (Å²) < 4.78 is 15.8. The van der Waals surface area contributed by atoms with E-state index in [1.54, 1.807) is 0 Å². The Morgan fingerprint density at radius 2 is 1.84 bits per heavy atom. The maximum atomic E-state index is 12.6. The molecule has 2 atom stereocenters. The first-order chi connectivity index (χ1) is 15.3. The predicted molar refractivity (Wildman–Crippen MR) is 118 cm³/mol. The molecule has 2 bridgehead atoms. The second kappa shape index (κ2) is 9.22. The number of anilines is 1. The molecule has 1 aromatic carbocycles. The quantitative estimate of drug-likeness (QED) is 0.690. The number of fused-ring (bicyclic) bond motifs is 2. The molecule has 1 N–H and O–H groups in total. The number of piperidine rings is 1. The summed E-state index contributed by atoms with van der Waals surface area (Å²) in [6.45, 7) is 5.77. The van der Waals surface area contributed by atoms with Crippen LogP contribution in [0.25, 0.3) is 0 Å². The predicted octanol–water partition coefficient (Wildman–Crippen LogP) is 5.14. The molecule has 1 aromatic heterocycles. The Hall–Kier alpha value is -3.03. The zero-order valence-corrected chi connectivity index (χ0v) is 18.9. The minimum atomic E-state index is -0.541. The second-order valence-electron chi connectivity index (χ2n) is 9.68. The van der Waals surface area contributed by atoms with E-state index in [1.165, 1.54) is 18.2 Å². The van der Waals surface area contributed by atoms with Crippen molar-refractivity contribution in [2.75, 3.05) is 5.32 Å². The summed E-state index contributed by atoms with van der Waals surface area (Å²) in [5, 5.41) is 2.71. The van der Waals surface area contributed by atoms with Crippen molar-refractivity contribution in [3.8, 4) is 0 Å². The highest BCUT2D eigenvalue weighted by atomic mass is 16.6. The number of hydrogen-bond acceptors (Lipinski definition) is 6. The third kappa shape index (κ3) is 5.60. The van der Waals surface area contributed by atoms with Crippen LogP contribution in [-0.4, -0.2) is 39.8 Å². The lowest BCUT2D eigenvalue weighted by Crippen LogP contribution is -2.48. The monoisotopic (exact) mass is 441 g/mol. The van der Waals surface area contributed by atoms with Crippen LogP contribution >= 0.6 is 0 Å². The maximum absolute atomic E-state index is 12.6. The van der Waals surface area contributed by atoms with Crippen molar-refractivity contribution in [1.82, 2.24) is 9.88 Å². The molecule has 2 saturated heterocycles. The first kappa shape index (κ1) is 22.2. The van der Waals surface area contributed by atoms with E-state index in [1.807, 2.05) is 49.9 Å². The second-order valence-corrected chi connectivity index (χ2v) is 9.68. The third-order valence-corrected chi connectivity index (χ3v) is 5.99. The summed E-state index contributed by atoms with van der Waals surface area (Å²) in [4.78, 5) is 30.3. The summed E-state index contributed by atoms with van der Waals surface area (Å²) in [5.41, 5.74) is 1.43. The van der Waals surface area contributed by atoms with Crippen LogP contribution in [0.2, 0.25) is 0 Å². The van der Waals surface area contributed by atoms with E-state index in [2.05, 4.69) is 10.3 Å². The van der Waals surface area contributed by atoms with E-state index in [4.69, 9.17) is 13.9 Å². The van der Waals surface area contributed by atoms with Gasteiger partial charge in [-0.3, -0.25) is 5.32 Å². The van der Waals surface area contributed by atoms with Crippen LogP contribution in [0.15, 0.2) is 41.3 Å². The van der Waals surface area contributed by atoms with Crippen molar-refractivity contribution in [2.24, 2.45) is 5.92 Å². The lowest BCUT2D eigenvalue weighted by molar-refractivity contribution is 0.00215. The minimum absolute atomic E-state index is 0.0360. The third-order valence-electron chi connectivity index (χ3n) is 5.99. The van der Waals surface area contributed by atoms with E-state index in [9.17, 15) is 9.59 Å². The Morgan fingerprint density at radius 1 is 1.16 bits per heavy atom. The Kier molecular flexibility index (Phi) is 6.39. The van der Waals surface area contributed by atoms with Gasteiger partial charge in [0.15, 0.2) is 18.8 Å². The standard InChI is InChI=1S/C24H31N3O5/c1-24(2,3)32-23(29)27-19-8-9-20(27)12-17(11-19)10-16-4-6-18(7-5-16)26-22(28)30-14-21-13-25-15-31-21/h4-7,13,15,17,19-20H,8-12,14H2,1-3H3,(H,26,28). The summed E-state index contributed by atoms with van der Waals surface area (Å²) in [6.07, 6.45) is 7.17. The van der Waals surface area contributed by atoms with Gasteiger partial charge in [0.05, 0.1) is 6.20 Å². The van der Waals surface area contributed by atoms with Crippen LogP contribution in [0, 0.1) is 5.92 Å². The molecule has 2 unspecified atom stereocenters. The van der Waals surface area contributed by atoms with Crippen molar-refractivity contribution in [3.63, 3.8) is 0 Å². The maximum Gasteiger partial charge on any atom is 0.412 e. The highest BCUT2D eigenvalue weighted by Crippen LogP contribution is 2.40. The molecule has 172 valence electrons. The molecule has 2 fully saturated rings. The average molecular weight is 442 g/mol. The lowest BCUT2D eigenvalue weighted by Gasteiger charge is -2.39. The molecule has 2 aliphatic rings. The van der Waals surface area contributed by atoms with Gasteiger partial charge in [0.2, 0.25) is 0 Å². The van der Waals surface area contributed by atoms with Crippen molar-refractivity contribution in [3.05, 3.63) is 48.2 Å². The Morgan fingerprint density at radius 3 is 2.44 bits per heavy atom. The van der Waals surface area contributed by atoms with Crippen molar-refractivity contribution >= 4 is 17.9 Å². The molecule has 4 rings (SSSR count). The van der Waals surface area contributed by atoms with Gasteiger partial charge < -0.3 is 18.8 Å². The number of amides is 2. The number of nitrogens with one attached hydrogen (secondary N) is 1. The van der Waals surface area contributed by atoms with Gasteiger partial charge in [-0.25, -0.2) is 14.6 Å². The van der Waals surface area contributed by atoms with Gasteiger partial charge in [0, 0.05) is 17.8 Å². The van der Waals surface area contributed by atoms with E-state index in [0.717, 1.165) is 32.1 Å². The SMILES string of the molecule is CC(C)(C)OC(=O)N1C2CCC1CC(Cc1ccc(NC(=O)OCc3cnco3)cc1)C2. The van der Waals surface area contributed by atoms with E-state index in [0.29, 0.717) is 17.4 Å². The molecule has 2 amide bonds. The number of hydrogen-bond donors (Lipinski definition) is 1. The first-order valence-electron chi connectivity index (χ1n) is 11.2. The summed E-state index contributed by atoms with van der Waals surface area (Å²) >= 11 is 0. The van der Waals surface area contributed by atoms with E-state index in [-0.39, 0.29) is 24.8 Å². The van der Waals surface area contributed by atoms with Crippen LogP contribution in [0.3, 0.4) is 0 Å². The number of carbonyl (C=O) groups is 2. The zero-order chi connectivity index (χ0) is 22.7. The van der Waals surface area contributed by atoms with Gasteiger partial charge in [0.1, 0.15) is 5.60 Å². The molecular weight excluding hydrogens is 410 g/mol. The Bertz CT molecular complexity index is 906. The van der Waals surface area contributed by atoms with Crippen LogP contribution in [-0.2, 0) is 22.5 Å². The van der Waals surface area contributed by atoms with Gasteiger partial charge >= 0.3 is 12.2 Å². The number of benzene rings is 1. The van der Waals surface area contributed by atoms with Crippen LogP contribution < -0.4 is 5.32 Å². The molecule has 3 heterocycles. The smallest absolute Gasteiger partial charge is 0.412 e. The van der Waals surface area contributed by atoms with Gasteiger partial charge in [-0.1, -0.05) is 12.1 Å². The molecule has 0 spiro atoms. The summed E-state index contributed by atoms with van der Waals surface area (Å²) in [6, 6.07) is 8.38. The van der Waals surface area contributed by atoms with Gasteiger partial charge in [0.25, 0.3) is 0 Å². The fourth-order valence-electron chi connectivity index (χ4n) is 4.73. The summed E-state index contributed by atoms with van der Waals surface area (Å²) in [5.74, 6) is 1.03. The molecule has 2 aromatic rings. The largest absolute Gasteiger partial charge is 0.445 e. The molecule has 0 radical (unpaired) electrons. The minimum Gasteiger partial charge on any atom is -0.445 e. The van der Waals surface area contributed by atoms with Crippen LogP contribution in [0.5, 0.6) is 0 Å². The van der Waals surface area contributed by atoms with Crippen molar-refractivity contribution in [2.45, 2.75) is 77.2 Å². The Labute approximate surface area is 188 Å². The van der Waals surface area contributed by atoms with Crippen LogP contribution in [0.1, 0.15) is 57.8 Å². The average Bonchev–Trinajstić information content (AvgIpc) is 3.33. The van der Waals surface area contributed by atoms with Gasteiger partial charge in [-0.05, 0) is 76.5 Å². The molecule has 2 aliphatic heterocycles. The fourth-order valence-corrected chi connectivity index (χ4v) is 4.73. The molecular formula is C24H31N3O5. The Balaban J connectivity index is 1.26. The van der Waals surface area contributed by atoms with Crippen molar-refractivity contribution < 1.29 is 23.5 Å². The number of aromatic nitrogens is 1. The number of oxazole rings is 1. The highest BCUT2D eigenvalue weighted by molar-refractivity contribution is 5.84. The van der Waals surface area contributed by atoms with Crippen molar-refractivity contribution in [1.29, 1.82) is 0 Å². The van der Waals surface area contributed by atoms with Gasteiger partial charge in [-0.15, -0.1) is 0 Å². The van der Waals surface area contributed by atoms with Crippen LogP contribution in [0.4, 0.5) is 15.3 Å². The zero-order valence-electron chi connectivity index (χ0n) is 18.9. The fraction of sp³-hybridized carbons (Fsp3) is 0.542. The molecule has 8 nitrogen and oxygen atoms in total. The number of carbonyl (C=O) groups excluding carboxylic acids is 2.